The predicted molar refractivity (Wildman–Crippen MR) is 71.9 cm³/mol. The van der Waals surface area contributed by atoms with Crippen LogP contribution in [0.5, 0.6) is 0 Å². The number of carboxylic acids is 1. The lowest BCUT2D eigenvalue weighted by molar-refractivity contribution is 0.0696. The van der Waals surface area contributed by atoms with E-state index in [4.69, 9.17) is 5.11 Å². The SMILES string of the molecule is Cc1ccc(SCc2ccccn2)cc1C(=O)O. The molecule has 0 spiro atoms. The second kappa shape index (κ2) is 5.69. The summed E-state index contributed by atoms with van der Waals surface area (Å²) in [5.41, 5.74) is 2.13. The Bertz CT molecular complexity index is 555. The number of carboxylic acid groups (broad SMARTS) is 1. The molecule has 0 amide bonds. The molecule has 2 aromatic rings. The number of pyridine rings is 1. The molecule has 18 heavy (non-hydrogen) atoms. The van der Waals surface area contributed by atoms with Crippen molar-refractivity contribution in [2.75, 3.05) is 0 Å². The average molecular weight is 259 g/mol. The highest BCUT2D eigenvalue weighted by Gasteiger charge is 2.08. The number of thioether (sulfide) groups is 1. The molecule has 0 radical (unpaired) electrons. The van der Waals surface area contributed by atoms with Gasteiger partial charge in [-0.05, 0) is 36.8 Å². The number of nitrogens with zero attached hydrogens (tertiary/aromatic N) is 1. The molecule has 3 nitrogen and oxygen atoms in total. The summed E-state index contributed by atoms with van der Waals surface area (Å²) in [4.78, 5) is 16.2. The first-order chi connectivity index (χ1) is 8.66. The summed E-state index contributed by atoms with van der Waals surface area (Å²) in [7, 11) is 0. The number of aromatic carboxylic acids is 1. The van der Waals surface area contributed by atoms with E-state index in [1.807, 2.05) is 30.3 Å². The number of hydrogen-bond acceptors (Lipinski definition) is 3. The van der Waals surface area contributed by atoms with Crippen LogP contribution in [0.25, 0.3) is 0 Å². The van der Waals surface area contributed by atoms with Crippen LogP contribution in [0.15, 0.2) is 47.5 Å². The maximum absolute atomic E-state index is 11.0. The first-order valence-electron chi connectivity index (χ1n) is 5.53. The predicted octanol–water partition coefficient (Wildman–Crippen LogP) is 3.38. The summed E-state index contributed by atoms with van der Waals surface area (Å²) in [5.74, 6) is -0.143. The zero-order chi connectivity index (χ0) is 13.0. The number of aromatic nitrogens is 1. The van der Waals surface area contributed by atoms with Crippen LogP contribution in [0.4, 0.5) is 0 Å². The summed E-state index contributed by atoms with van der Waals surface area (Å²) in [6.07, 6.45) is 1.76. The Morgan fingerprint density at radius 2 is 2.17 bits per heavy atom. The van der Waals surface area contributed by atoms with Crippen LogP contribution in [0.1, 0.15) is 21.6 Å². The van der Waals surface area contributed by atoms with Crippen molar-refractivity contribution in [1.82, 2.24) is 4.98 Å². The van der Waals surface area contributed by atoms with Gasteiger partial charge in [-0.3, -0.25) is 4.98 Å². The molecule has 92 valence electrons. The van der Waals surface area contributed by atoms with E-state index in [2.05, 4.69) is 4.98 Å². The summed E-state index contributed by atoms with van der Waals surface area (Å²) in [6, 6.07) is 11.3. The van der Waals surface area contributed by atoms with Gasteiger partial charge in [-0.1, -0.05) is 12.1 Å². The van der Waals surface area contributed by atoms with Crippen molar-refractivity contribution in [3.05, 3.63) is 59.4 Å². The van der Waals surface area contributed by atoms with Crippen LogP contribution in [0.2, 0.25) is 0 Å². The van der Waals surface area contributed by atoms with E-state index in [9.17, 15) is 4.79 Å². The second-order valence-electron chi connectivity index (χ2n) is 3.89. The van der Waals surface area contributed by atoms with Crippen molar-refractivity contribution in [2.24, 2.45) is 0 Å². The van der Waals surface area contributed by atoms with Gasteiger partial charge in [0.2, 0.25) is 0 Å². The number of benzene rings is 1. The highest BCUT2D eigenvalue weighted by molar-refractivity contribution is 7.98. The van der Waals surface area contributed by atoms with Gasteiger partial charge in [0.15, 0.2) is 0 Å². The van der Waals surface area contributed by atoms with Crippen molar-refractivity contribution in [3.8, 4) is 0 Å². The van der Waals surface area contributed by atoms with Gasteiger partial charge >= 0.3 is 5.97 Å². The maximum Gasteiger partial charge on any atom is 0.335 e. The van der Waals surface area contributed by atoms with Crippen molar-refractivity contribution in [2.45, 2.75) is 17.6 Å². The average Bonchev–Trinajstić information content (AvgIpc) is 2.38. The fourth-order valence-corrected chi connectivity index (χ4v) is 2.41. The Hall–Kier alpha value is -1.81. The Balaban J connectivity index is 2.11. The van der Waals surface area contributed by atoms with E-state index in [0.29, 0.717) is 5.56 Å². The van der Waals surface area contributed by atoms with Crippen molar-refractivity contribution in [1.29, 1.82) is 0 Å². The summed E-state index contributed by atoms with van der Waals surface area (Å²) in [6.45, 7) is 1.80. The van der Waals surface area contributed by atoms with Crippen LogP contribution < -0.4 is 0 Å². The van der Waals surface area contributed by atoms with E-state index in [1.165, 1.54) is 0 Å². The Kier molecular flexibility index (Phi) is 3.99. The van der Waals surface area contributed by atoms with Gasteiger partial charge < -0.3 is 5.11 Å². The van der Waals surface area contributed by atoms with Gasteiger partial charge in [0.25, 0.3) is 0 Å². The fraction of sp³-hybridized carbons (Fsp3) is 0.143. The van der Waals surface area contributed by atoms with Crippen LogP contribution in [0.3, 0.4) is 0 Å². The smallest absolute Gasteiger partial charge is 0.335 e. The third kappa shape index (κ3) is 3.11. The molecule has 0 saturated carbocycles. The molecule has 0 aliphatic rings. The van der Waals surface area contributed by atoms with Gasteiger partial charge in [0.05, 0.1) is 11.3 Å². The standard InChI is InChI=1S/C14H13NO2S/c1-10-5-6-12(8-13(10)14(16)17)18-9-11-4-2-3-7-15-11/h2-8H,9H2,1H3,(H,16,17). The molecule has 1 aromatic heterocycles. The number of rotatable bonds is 4. The van der Waals surface area contributed by atoms with Gasteiger partial charge in [0.1, 0.15) is 0 Å². The largest absolute Gasteiger partial charge is 0.478 e. The van der Waals surface area contributed by atoms with Gasteiger partial charge in [-0.25, -0.2) is 4.79 Å². The van der Waals surface area contributed by atoms with Crippen LogP contribution in [-0.2, 0) is 5.75 Å². The third-order valence-corrected chi connectivity index (χ3v) is 3.58. The summed E-state index contributed by atoms with van der Waals surface area (Å²) >= 11 is 1.59. The Morgan fingerprint density at radius 3 is 2.83 bits per heavy atom. The van der Waals surface area contributed by atoms with E-state index >= 15 is 0 Å². The van der Waals surface area contributed by atoms with Gasteiger partial charge in [0, 0.05) is 16.8 Å². The van der Waals surface area contributed by atoms with Crippen molar-refractivity contribution >= 4 is 17.7 Å². The molecule has 0 saturated heterocycles. The highest BCUT2D eigenvalue weighted by atomic mass is 32.2. The molecular formula is C14H13NO2S. The first-order valence-corrected chi connectivity index (χ1v) is 6.52. The molecule has 0 fully saturated rings. The molecule has 1 N–H and O–H groups in total. The van der Waals surface area contributed by atoms with E-state index in [-0.39, 0.29) is 0 Å². The maximum atomic E-state index is 11.0. The molecule has 4 heteroatoms. The minimum atomic E-state index is -0.882. The van der Waals surface area contributed by atoms with Crippen molar-refractivity contribution < 1.29 is 9.90 Å². The third-order valence-electron chi connectivity index (χ3n) is 2.55. The zero-order valence-corrected chi connectivity index (χ0v) is 10.8. The lowest BCUT2D eigenvalue weighted by Gasteiger charge is -2.05. The zero-order valence-electron chi connectivity index (χ0n) is 9.96. The van der Waals surface area contributed by atoms with Gasteiger partial charge in [-0.2, -0.15) is 0 Å². The van der Waals surface area contributed by atoms with Crippen molar-refractivity contribution in [3.63, 3.8) is 0 Å². The Morgan fingerprint density at radius 1 is 1.33 bits per heavy atom. The van der Waals surface area contributed by atoms with Gasteiger partial charge in [-0.15, -0.1) is 11.8 Å². The Labute approximate surface area is 110 Å². The van der Waals surface area contributed by atoms with E-state index < -0.39 is 5.97 Å². The molecule has 0 aliphatic heterocycles. The minimum Gasteiger partial charge on any atom is -0.478 e. The molecule has 1 aromatic carbocycles. The summed E-state index contributed by atoms with van der Waals surface area (Å²) < 4.78 is 0. The normalized spacial score (nSPS) is 10.3. The molecule has 1 heterocycles. The second-order valence-corrected chi connectivity index (χ2v) is 4.94. The topological polar surface area (TPSA) is 50.2 Å². The number of carbonyl (C=O) groups is 1. The molecule has 2 rings (SSSR count). The highest BCUT2D eigenvalue weighted by Crippen LogP contribution is 2.24. The van der Waals surface area contributed by atoms with E-state index in [0.717, 1.165) is 21.9 Å². The molecule has 0 atom stereocenters. The monoisotopic (exact) mass is 259 g/mol. The fourth-order valence-electron chi connectivity index (χ4n) is 1.56. The number of aryl methyl sites for hydroxylation is 1. The number of hydrogen-bond donors (Lipinski definition) is 1. The van der Waals surface area contributed by atoms with Crippen LogP contribution >= 0.6 is 11.8 Å². The lowest BCUT2D eigenvalue weighted by atomic mass is 10.1. The van der Waals surface area contributed by atoms with Crippen LogP contribution in [0, 0.1) is 6.92 Å². The molecule has 0 aliphatic carbocycles. The lowest BCUT2D eigenvalue weighted by Crippen LogP contribution is -1.99. The molecular weight excluding hydrogens is 246 g/mol. The van der Waals surface area contributed by atoms with E-state index in [1.54, 1.807) is 30.9 Å². The summed E-state index contributed by atoms with van der Waals surface area (Å²) in [5, 5.41) is 9.05. The quantitative estimate of drug-likeness (QED) is 0.855. The minimum absolute atomic E-state index is 0.362. The first kappa shape index (κ1) is 12.6. The molecule has 0 unspecified atom stereocenters. The molecule has 0 bridgehead atoms. The van der Waals surface area contributed by atoms with Crippen LogP contribution in [-0.4, -0.2) is 16.1 Å².